The lowest BCUT2D eigenvalue weighted by Gasteiger charge is -2.23. The number of benzene rings is 2. The second kappa shape index (κ2) is 7.66. The zero-order valence-corrected chi connectivity index (χ0v) is 18.2. The Kier molecular flexibility index (Phi) is 4.89. The molecule has 0 unspecified atom stereocenters. The maximum Gasteiger partial charge on any atom is 0.265 e. The van der Waals surface area contributed by atoms with Gasteiger partial charge in [0.2, 0.25) is 5.88 Å². The second-order valence-corrected chi connectivity index (χ2v) is 9.57. The van der Waals surface area contributed by atoms with Crippen molar-refractivity contribution >= 4 is 15.8 Å². The molecule has 1 aliphatic rings. The molecule has 7 nitrogen and oxygen atoms in total. The highest BCUT2D eigenvalue weighted by molar-refractivity contribution is 7.92. The molecule has 10 heteroatoms. The van der Waals surface area contributed by atoms with Crippen molar-refractivity contribution in [1.82, 2.24) is 14.8 Å². The Morgan fingerprint density at radius 2 is 1.73 bits per heavy atom. The van der Waals surface area contributed by atoms with E-state index in [0.29, 0.717) is 16.8 Å². The van der Waals surface area contributed by atoms with Gasteiger partial charge in [-0.2, -0.15) is 5.10 Å². The van der Waals surface area contributed by atoms with Crippen molar-refractivity contribution in [1.29, 1.82) is 0 Å². The highest BCUT2D eigenvalue weighted by atomic mass is 32.2. The van der Waals surface area contributed by atoms with Crippen LogP contribution in [0.15, 0.2) is 65.7 Å². The Morgan fingerprint density at radius 1 is 1.03 bits per heavy atom. The number of nitrogens with zero attached hydrogens (tertiary/aromatic N) is 4. The minimum absolute atomic E-state index is 0.00708. The van der Waals surface area contributed by atoms with Crippen molar-refractivity contribution in [3.05, 3.63) is 83.6 Å². The number of hydrogen-bond donors (Lipinski definition) is 1. The van der Waals surface area contributed by atoms with Crippen molar-refractivity contribution in [3.63, 3.8) is 0 Å². The molecule has 1 aliphatic heterocycles. The first-order valence-corrected chi connectivity index (χ1v) is 11.5. The van der Waals surface area contributed by atoms with Gasteiger partial charge < -0.3 is 5.11 Å². The molecule has 3 heterocycles. The molecule has 2 aromatic heterocycles. The van der Waals surface area contributed by atoms with Crippen molar-refractivity contribution in [2.45, 2.75) is 18.2 Å². The van der Waals surface area contributed by atoms with Crippen molar-refractivity contribution in [2.75, 3.05) is 10.8 Å². The van der Waals surface area contributed by atoms with E-state index in [1.54, 1.807) is 24.3 Å². The summed E-state index contributed by atoms with van der Waals surface area (Å²) in [5, 5.41) is 15.2. The highest BCUT2D eigenvalue weighted by Crippen LogP contribution is 2.40. The van der Waals surface area contributed by atoms with Gasteiger partial charge in [0.15, 0.2) is 5.82 Å². The summed E-state index contributed by atoms with van der Waals surface area (Å²) in [6, 6.07) is 12.6. The summed E-state index contributed by atoms with van der Waals surface area (Å²) >= 11 is 0. The summed E-state index contributed by atoms with van der Waals surface area (Å²) in [6.07, 6.45) is 1.58. The summed E-state index contributed by atoms with van der Waals surface area (Å²) in [5.41, 5.74) is 1.97. The van der Waals surface area contributed by atoms with E-state index in [2.05, 4.69) is 10.1 Å². The third-order valence-electron chi connectivity index (χ3n) is 5.50. The van der Waals surface area contributed by atoms with Gasteiger partial charge >= 0.3 is 0 Å². The van der Waals surface area contributed by atoms with Crippen LogP contribution in [-0.2, 0) is 16.4 Å². The third-order valence-corrected chi connectivity index (χ3v) is 7.30. The molecular formula is C23H18F2N4O3S. The van der Waals surface area contributed by atoms with Crippen LogP contribution in [0.1, 0.15) is 11.1 Å². The molecule has 2 aromatic carbocycles. The number of halogens is 2. The number of rotatable bonds is 3. The number of anilines is 1. The maximum atomic E-state index is 13.8. The van der Waals surface area contributed by atoms with Crippen LogP contribution < -0.4 is 4.31 Å². The number of sulfonamides is 1. The molecule has 0 fully saturated rings. The summed E-state index contributed by atoms with van der Waals surface area (Å²) in [7, 11) is -3.94. The predicted octanol–water partition coefficient (Wildman–Crippen LogP) is 3.98. The Morgan fingerprint density at radius 3 is 2.42 bits per heavy atom. The maximum absolute atomic E-state index is 13.8. The Bertz CT molecular complexity index is 1460. The van der Waals surface area contributed by atoms with E-state index in [4.69, 9.17) is 0 Å². The van der Waals surface area contributed by atoms with E-state index in [-0.39, 0.29) is 35.2 Å². The molecular weight excluding hydrogens is 450 g/mol. The van der Waals surface area contributed by atoms with Gasteiger partial charge in [0.1, 0.15) is 17.3 Å². The number of fused-ring (bicyclic) bond motifs is 3. The van der Waals surface area contributed by atoms with Gasteiger partial charge in [0, 0.05) is 29.9 Å². The fraction of sp³-hybridized carbons (Fsp3) is 0.130. The molecule has 0 amide bonds. The van der Waals surface area contributed by atoms with Gasteiger partial charge in [-0.15, -0.1) is 0 Å². The highest BCUT2D eigenvalue weighted by Gasteiger charge is 2.34. The fourth-order valence-corrected chi connectivity index (χ4v) is 5.34. The van der Waals surface area contributed by atoms with Crippen LogP contribution in [0.3, 0.4) is 0 Å². The molecule has 0 bridgehead atoms. The number of aryl methyl sites for hydroxylation is 1. The van der Waals surface area contributed by atoms with Gasteiger partial charge in [-0.25, -0.2) is 31.2 Å². The van der Waals surface area contributed by atoms with E-state index in [9.17, 15) is 22.3 Å². The van der Waals surface area contributed by atoms with E-state index in [1.165, 1.54) is 22.6 Å². The van der Waals surface area contributed by atoms with Crippen LogP contribution in [-0.4, -0.2) is 34.8 Å². The third kappa shape index (κ3) is 3.52. The predicted molar refractivity (Wildman–Crippen MR) is 118 cm³/mol. The van der Waals surface area contributed by atoms with Gasteiger partial charge in [-0.1, -0.05) is 17.7 Å². The Balaban J connectivity index is 1.66. The lowest BCUT2D eigenvalue weighted by molar-refractivity contribution is 0.427. The topological polar surface area (TPSA) is 88.3 Å². The molecule has 0 saturated carbocycles. The summed E-state index contributed by atoms with van der Waals surface area (Å²) < 4.78 is 56.6. The summed E-state index contributed by atoms with van der Waals surface area (Å²) in [4.78, 5) is 4.42. The molecule has 0 aliphatic carbocycles. The lowest BCUT2D eigenvalue weighted by atomic mass is 10.1. The van der Waals surface area contributed by atoms with E-state index in [1.807, 2.05) is 6.92 Å². The molecule has 0 radical (unpaired) electrons. The Hall–Kier alpha value is -3.79. The van der Waals surface area contributed by atoms with Crippen LogP contribution in [0.4, 0.5) is 14.6 Å². The number of pyridine rings is 1. The fourth-order valence-electron chi connectivity index (χ4n) is 3.90. The van der Waals surface area contributed by atoms with Gasteiger partial charge in [-0.05, 0) is 49.7 Å². The van der Waals surface area contributed by atoms with Crippen LogP contribution in [0.5, 0.6) is 5.88 Å². The molecule has 0 saturated heterocycles. The number of aromatic nitrogens is 3. The zero-order chi connectivity index (χ0) is 23.3. The SMILES string of the molecule is Cc1ccc(S(=O)(=O)N2CCc3c(nn(-c4cc(F)cc(F)c4)c3O)-c3cccnc32)cc1. The van der Waals surface area contributed by atoms with Crippen LogP contribution in [0.2, 0.25) is 0 Å². The van der Waals surface area contributed by atoms with Crippen LogP contribution in [0.25, 0.3) is 16.9 Å². The molecule has 33 heavy (non-hydrogen) atoms. The van der Waals surface area contributed by atoms with Gasteiger partial charge in [0.05, 0.1) is 10.6 Å². The minimum Gasteiger partial charge on any atom is -0.493 e. The Labute approximate surface area is 188 Å². The monoisotopic (exact) mass is 468 g/mol. The second-order valence-electron chi connectivity index (χ2n) is 7.71. The molecule has 0 atom stereocenters. The van der Waals surface area contributed by atoms with Gasteiger partial charge in [-0.3, -0.25) is 0 Å². The van der Waals surface area contributed by atoms with E-state index >= 15 is 0 Å². The molecule has 4 aromatic rings. The lowest BCUT2D eigenvalue weighted by Crippen LogP contribution is -2.33. The average Bonchev–Trinajstić information content (AvgIpc) is 3.00. The standard InChI is InChI=1S/C23H18F2N4O3S/c1-14-4-6-18(7-5-14)33(31,32)28-10-8-20-21(19-3-2-9-26-22(19)28)27-29(23(20)30)17-12-15(24)11-16(25)13-17/h2-7,9,11-13,30H,8,10H2,1H3. The van der Waals surface area contributed by atoms with Crippen LogP contribution >= 0.6 is 0 Å². The van der Waals surface area contributed by atoms with Crippen molar-refractivity contribution in [2.24, 2.45) is 0 Å². The van der Waals surface area contributed by atoms with Crippen molar-refractivity contribution in [3.8, 4) is 22.8 Å². The molecule has 0 spiro atoms. The first kappa shape index (κ1) is 21.1. The molecule has 168 valence electrons. The number of hydrogen-bond acceptors (Lipinski definition) is 5. The van der Waals surface area contributed by atoms with Crippen molar-refractivity contribution < 1.29 is 22.3 Å². The quantitative estimate of drug-likeness (QED) is 0.492. The smallest absolute Gasteiger partial charge is 0.265 e. The average molecular weight is 468 g/mol. The first-order valence-electron chi connectivity index (χ1n) is 10.1. The molecule has 5 rings (SSSR count). The largest absolute Gasteiger partial charge is 0.493 e. The summed E-state index contributed by atoms with van der Waals surface area (Å²) in [5.74, 6) is -1.79. The minimum atomic E-state index is -3.94. The summed E-state index contributed by atoms with van der Waals surface area (Å²) in [6.45, 7) is 1.86. The zero-order valence-electron chi connectivity index (χ0n) is 17.4. The van der Waals surface area contributed by atoms with Crippen LogP contribution in [0, 0.1) is 18.6 Å². The van der Waals surface area contributed by atoms with Gasteiger partial charge in [0.25, 0.3) is 10.0 Å². The number of aromatic hydroxyl groups is 1. The van der Waals surface area contributed by atoms with E-state index < -0.39 is 21.7 Å². The van der Waals surface area contributed by atoms with E-state index in [0.717, 1.165) is 28.4 Å². The normalized spacial score (nSPS) is 13.4. The molecule has 1 N–H and O–H groups in total. The first-order chi connectivity index (χ1) is 15.8.